The van der Waals surface area contributed by atoms with Gasteiger partial charge >= 0.3 is 0 Å². The number of nitrogens with zero attached hydrogens (tertiary/aromatic N) is 2. The summed E-state index contributed by atoms with van der Waals surface area (Å²) in [6, 6.07) is 7.44. The smallest absolute Gasteiger partial charge is 0.252 e. The lowest BCUT2D eigenvalue weighted by atomic mass is 10.2. The van der Waals surface area contributed by atoms with Crippen LogP contribution in [0.5, 0.6) is 0 Å². The lowest BCUT2D eigenvalue weighted by Gasteiger charge is -2.16. The van der Waals surface area contributed by atoms with E-state index in [0.717, 1.165) is 7.05 Å². The van der Waals surface area contributed by atoms with Gasteiger partial charge in [0.15, 0.2) is 0 Å². The van der Waals surface area contributed by atoms with E-state index >= 15 is 0 Å². The number of nitrogens with two attached hydrogens (primary N) is 1. The van der Waals surface area contributed by atoms with Gasteiger partial charge in [-0.25, -0.2) is 28.0 Å². The van der Waals surface area contributed by atoms with Crippen LogP contribution in [0.25, 0.3) is 10.9 Å². The molecule has 0 bridgehead atoms. The summed E-state index contributed by atoms with van der Waals surface area (Å²) >= 11 is 0. The molecule has 0 fully saturated rings. The SMILES string of the molecule is CN(CC(F)F)S(=O)(=O)c1ccc2nc(NN)ccc2c1. The van der Waals surface area contributed by atoms with Gasteiger partial charge in [-0.15, -0.1) is 0 Å². The van der Waals surface area contributed by atoms with Crippen molar-refractivity contribution in [2.75, 3.05) is 19.0 Å². The first kappa shape index (κ1) is 15.5. The Morgan fingerprint density at radius 3 is 2.67 bits per heavy atom. The zero-order valence-corrected chi connectivity index (χ0v) is 11.9. The number of anilines is 1. The van der Waals surface area contributed by atoms with E-state index in [4.69, 9.17) is 5.84 Å². The highest BCUT2D eigenvalue weighted by Crippen LogP contribution is 2.22. The van der Waals surface area contributed by atoms with Gasteiger partial charge < -0.3 is 5.43 Å². The fourth-order valence-electron chi connectivity index (χ4n) is 1.82. The molecule has 0 spiro atoms. The number of aromatic nitrogens is 1. The normalized spacial score (nSPS) is 12.3. The first-order valence-corrected chi connectivity index (χ1v) is 7.40. The van der Waals surface area contributed by atoms with E-state index in [1.54, 1.807) is 12.1 Å². The predicted octanol–water partition coefficient (Wildman–Crippen LogP) is 1.41. The molecule has 1 aromatic heterocycles. The zero-order chi connectivity index (χ0) is 15.6. The second-order valence-electron chi connectivity index (χ2n) is 4.37. The molecule has 0 atom stereocenters. The molecule has 9 heteroatoms. The maximum absolute atomic E-state index is 12.3. The van der Waals surface area contributed by atoms with Crippen molar-refractivity contribution in [3.05, 3.63) is 30.3 Å². The molecule has 6 nitrogen and oxygen atoms in total. The lowest BCUT2D eigenvalue weighted by Crippen LogP contribution is -2.31. The zero-order valence-electron chi connectivity index (χ0n) is 11.1. The number of hydrogen-bond donors (Lipinski definition) is 2. The molecule has 2 aromatic rings. The molecule has 0 saturated heterocycles. The Morgan fingerprint density at radius 1 is 1.33 bits per heavy atom. The van der Waals surface area contributed by atoms with Crippen LogP contribution in [0, 0.1) is 0 Å². The van der Waals surface area contributed by atoms with Gasteiger partial charge in [-0.2, -0.15) is 4.31 Å². The van der Waals surface area contributed by atoms with Crippen LogP contribution in [0.4, 0.5) is 14.6 Å². The number of alkyl halides is 2. The van der Waals surface area contributed by atoms with Crippen LogP contribution in [0.1, 0.15) is 0 Å². The van der Waals surface area contributed by atoms with Crippen LogP contribution >= 0.6 is 0 Å². The van der Waals surface area contributed by atoms with Gasteiger partial charge in [0.25, 0.3) is 6.43 Å². The Labute approximate surface area is 120 Å². The minimum absolute atomic E-state index is 0.0617. The second-order valence-corrected chi connectivity index (χ2v) is 6.42. The molecule has 3 N–H and O–H groups in total. The summed E-state index contributed by atoms with van der Waals surface area (Å²) in [6.45, 7) is -0.853. The maximum atomic E-state index is 12.3. The average molecular weight is 316 g/mol. The summed E-state index contributed by atoms with van der Waals surface area (Å²) in [5.74, 6) is 5.68. The summed E-state index contributed by atoms with van der Waals surface area (Å²) in [6.07, 6.45) is -2.73. The second kappa shape index (κ2) is 5.88. The summed E-state index contributed by atoms with van der Waals surface area (Å²) < 4.78 is 49.6. The highest BCUT2D eigenvalue weighted by molar-refractivity contribution is 7.89. The predicted molar refractivity (Wildman–Crippen MR) is 75.4 cm³/mol. The summed E-state index contributed by atoms with van der Waals surface area (Å²) in [5.41, 5.74) is 2.93. The van der Waals surface area contributed by atoms with Gasteiger partial charge in [-0.3, -0.25) is 0 Å². The number of nitrogens with one attached hydrogen (secondary N) is 1. The van der Waals surface area contributed by atoms with E-state index in [9.17, 15) is 17.2 Å². The van der Waals surface area contributed by atoms with Crippen LogP contribution < -0.4 is 11.3 Å². The van der Waals surface area contributed by atoms with Gasteiger partial charge in [-0.1, -0.05) is 0 Å². The van der Waals surface area contributed by atoms with Crippen molar-refractivity contribution in [3.8, 4) is 0 Å². The summed E-state index contributed by atoms with van der Waals surface area (Å²) in [4.78, 5) is 4.08. The van der Waals surface area contributed by atoms with Crippen molar-refractivity contribution in [2.24, 2.45) is 5.84 Å². The van der Waals surface area contributed by atoms with Crippen molar-refractivity contribution in [1.29, 1.82) is 0 Å². The summed E-state index contributed by atoms with van der Waals surface area (Å²) in [7, 11) is -2.84. The molecular formula is C12H14F2N4O2S. The highest BCUT2D eigenvalue weighted by atomic mass is 32.2. The van der Waals surface area contributed by atoms with E-state index in [1.165, 1.54) is 18.2 Å². The van der Waals surface area contributed by atoms with Gasteiger partial charge in [0.1, 0.15) is 5.82 Å². The minimum atomic E-state index is -3.96. The van der Waals surface area contributed by atoms with Crippen LogP contribution in [-0.2, 0) is 10.0 Å². The monoisotopic (exact) mass is 316 g/mol. The van der Waals surface area contributed by atoms with Crippen molar-refractivity contribution in [1.82, 2.24) is 9.29 Å². The highest BCUT2D eigenvalue weighted by Gasteiger charge is 2.23. The van der Waals surface area contributed by atoms with E-state index in [0.29, 0.717) is 21.0 Å². The van der Waals surface area contributed by atoms with E-state index in [-0.39, 0.29) is 4.90 Å². The number of nitrogen functional groups attached to an aromatic ring is 1. The third-order valence-corrected chi connectivity index (χ3v) is 4.73. The Bertz CT molecular complexity index is 752. The van der Waals surface area contributed by atoms with Crippen molar-refractivity contribution < 1.29 is 17.2 Å². The lowest BCUT2D eigenvalue weighted by molar-refractivity contribution is 0.126. The number of hydrazine groups is 1. The molecule has 21 heavy (non-hydrogen) atoms. The third kappa shape index (κ3) is 3.26. The Morgan fingerprint density at radius 2 is 2.05 bits per heavy atom. The van der Waals surface area contributed by atoms with Gasteiger partial charge in [0, 0.05) is 12.4 Å². The van der Waals surface area contributed by atoms with Crippen molar-refractivity contribution in [2.45, 2.75) is 11.3 Å². The van der Waals surface area contributed by atoms with Gasteiger partial charge in [-0.05, 0) is 30.3 Å². The number of sulfonamides is 1. The van der Waals surface area contributed by atoms with Crippen LogP contribution in [-0.4, -0.2) is 37.7 Å². The number of benzene rings is 1. The van der Waals surface area contributed by atoms with Crippen LogP contribution in [0.2, 0.25) is 0 Å². The van der Waals surface area contributed by atoms with Crippen molar-refractivity contribution >= 4 is 26.7 Å². The number of halogens is 2. The molecule has 0 radical (unpaired) electrons. The Balaban J connectivity index is 2.42. The van der Waals surface area contributed by atoms with Crippen molar-refractivity contribution in [3.63, 3.8) is 0 Å². The van der Waals surface area contributed by atoms with Gasteiger partial charge in [0.2, 0.25) is 10.0 Å². The summed E-state index contributed by atoms with van der Waals surface area (Å²) in [5, 5.41) is 0.570. The van der Waals surface area contributed by atoms with E-state index < -0.39 is 23.0 Å². The van der Waals surface area contributed by atoms with Crippen LogP contribution in [0.15, 0.2) is 35.2 Å². The molecule has 0 aliphatic rings. The molecule has 2 rings (SSSR count). The molecule has 114 valence electrons. The first-order chi connectivity index (χ1) is 9.84. The fraction of sp³-hybridized carbons (Fsp3) is 0.250. The Kier molecular flexibility index (Phi) is 4.35. The molecule has 1 aromatic carbocycles. The molecule has 0 aliphatic carbocycles. The molecule has 0 aliphatic heterocycles. The van der Waals surface area contributed by atoms with E-state index in [1.807, 2.05) is 0 Å². The molecule has 1 heterocycles. The topological polar surface area (TPSA) is 88.3 Å². The number of hydrogen-bond acceptors (Lipinski definition) is 5. The maximum Gasteiger partial charge on any atom is 0.252 e. The largest absolute Gasteiger partial charge is 0.308 e. The molecular weight excluding hydrogens is 302 g/mol. The number of rotatable bonds is 5. The molecule has 0 saturated carbocycles. The first-order valence-electron chi connectivity index (χ1n) is 5.96. The fourth-order valence-corrected chi connectivity index (χ4v) is 3.00. The minimum Gasteiger partial charge on any atom is -0.308 e. The third-order valence-electron chi connectivity index (χ3n) is 2.91. The standard InChI is InChI=1S/C12H14F2N4O2S/c1-18(7-11(13)14)21(19,20)9-3-4-10-8(6-9)2-5-12(16-10)17-15/h2-6,11H,7,15H2,1H3,(H,16,17). The van der Waals surface area contributed by atoms with E-state index in [2.05, 4.69) is 10.4 Å². The quantitative estimate of drug-likeness (QED) is 0.643. The average Bonchev–Trinajstić information content (AvgIpc) is 2.45. The number of fused-ring (bicyclic) bond motifs is 1. The Hall–Kier alpha value is -1.84. The number of pyridine rings is 1. The molecule has 0 unspecified atom stereocenters. The molecule has 0 amide bonds. The van der Waals surface area contributed by atoms with Gasteiger partial charge in [0.05, 0.1) is 17.0 Å². The van der Waals surface area contributed by atoms with Crippen LogP contribution in [0.3, 0.4) is 0 Å².